The number of allylic oxidation sites excluding steroid dienone is 1. The van der Waals surface area contributed by atoms with E-state index < -0.39 is 21.6 Å². The Kier molecular flexibility index (Phi) is 9.78. The number of carbonyl (C=O) groups excluding carboxylic acids is 1. The second-order valence-electron chi connectivity index (χ2n) is 9.44. The number of nitrogens with one attached hydrogen (secondary N) is 1. The van der Waals surface area contributed by atoms with Gasteiger partial charge in [0.05, 0.1) is 11.5 Å². The lowest BCUT2D eigenvalue weighted by Gasteiger charge is -2.36. The van der Waals surface area contributed by atoms with Crippen LogP contribution in [0.2, 0.25) is 10.0 Å². The lowest BCUT2D eigenvalue weighted by atomic mass is 9.72. The minimum atomic E-state index is -4.07. The second kappa shape index (κ2) is 12.4. The number of hydrogen-bond acceptors (Lipinski definition) is 6. The van der Waals surface area contributed by atoms with Crippen molar-refractivity contribution < 1.29 is 22.2 Å². The molecule has 1 saturated carbocycles. The van der Waals surface area contributed by atoms with Crippen LogP contribution in [0.25, 0.3) is 6.08 Å². The highest BCUT2D eigenvalue weighted by atomic mass is 35.5. The molecule has 2 aromatic rings. The Balaban J connectivity index is 1.81. The Bertz CT molecular complexity index is 1240. The van der Waals surface area contributed by atoms with Crippen LogP contribution in [0.1, 0.15) is 52.0 Å². The molecule has 2 aromatic carbocycles. The molecule has 1 atom stereocenters. The van der Waals surface area contributed by atoms with Crippen molar-refractivity contribution in [2.24, 2.45) is 5.41 Å². The Labute approximate surface area is 223 Å². The molecule has 194 valence electrons. The third-order valence-electron chi connectivity index (χ3n) is 5.73. The lowest BCUT2D eigenvalue weighted by Crippen LogP contribution is -2.39. The third-order valence-corrected chi connectivity index (χ3v) is 7.63. The van der Waals surface area contributed by atoms with Crippen molar-refractivity contribution >= 4 is 45.2 Å². The van der Waals surface area contributed by atoms with Crippen LogP contribution >= 0.6 is 23.2 Å². The van der Waals surface area contributed by atoms with Crippen LogP contribution in [0.3, 0.4) is 0 Å². The number of benzene rings is 2. The largest absolute Gasteiger partial charge is 0.297 e. The fourth-order valence-corrected chi connectivity index (χ4v) is 5.65. The van der Waals surface area contributed by atoms with Gasteiger partial charge < -0.3 is 0 Å². The van der Waals surface area contributed by atoms with Crippen molar-refractivity contribution in [1.82, 2.24) is 5.48 Å². The van der Waals surface area contributed by atoms with Crippen molar-refractivity contribution in [2.75, 3.05) is 6.61 Å². The van der Waals surface area contributed by atoms with Gasteiger partial charge in [0.25, 0.3) is 10.1 Å². The van der Waals surface area contributed by atoms with Crippen LogP contribution < -0.4 is 5.48 Å². The normalized spacial score (nSPS) is 19.5. The van der Waals surface area contributed by atoms with Crippen LogP contribution in [-0.2, 0) is 23.9 Å². The van der Waals surface area contributed by atoms with Gasteiger partial charge >= 0.3 is 0 Å². The Morgan fingerprint density at radius 2 is 1.89 bits per heavy atom. The second-order valence-corrected chi connectivity index (χ2v) is 11.9. The van der Waals surface area contributed by atoms with Crippen LogP contribution in [0.5, 0.6) is 0 Å². The fourth-order valence-electron chi connectivity index (χ4n) is 4.11. The summed E-state index contributed by atoms with van der Waals surface area (Å²) in [7, 11) is -4.07. The Hall–Kier alpha value is -2.16. The maximum Gasteiger partial charge on any atom is 0.297 e. The predicted molar refractivity (Wildman–Crippen MR) is 143 cm³/mol. The number of Topliss-reactive ketones (excluding diaryl/α,β-unsaturated/α-hetero) is 1. The third kappa shape index (κ3) is 7.67. The molecule has 0 spiro atoms. The summed E-state index contributed by atoms with van der Waals surface area (Å²) in [6.45, 7) is 6.03. The summed E-state index contributed by atoms with van der Waals surface area (Å²) >= 11 is 12.1. The molecule has 1 N–H and O–H groups in total. The minimum absolute atomic E-state index is 0.0485. The smallest absolute Gasteiger partial charge is 0.294 e. The molecular weight excluding hydrogens is 521 g/mol. The molecule has 0 amide bonds. The van der Waals surface area contributed by atoms with E-state index in [0.717, 1.165) is 12.0 Å². The molecule has 9 heteroatoms. The average molecular weight is 553 g/mol. The summed E-state index contributed by atoms with van der Waals surface area (Å²) < 4.78 is 31.7. The first kappa shape index (κ1) is 28.4. The van der Waals surface area contributed by atoms with E-state index in [0.29, 0.717) is 34.2 Å². The van der Waals surface area contributed by atoms with Crippen molar-refractivity contribution in [2.45, 2.75) is 57.5 Å². The van der Waals surface area contributed by atoms with Gasteiger partial charge in [0, 0.05) is 27.7 Å². The maximum absolute atomic E-state index is 13.2. The molecule has 1 aliphatic carbocycles. The SMILES string of the molecule is CCCC(NOCC=Cc1ccc(Cl)cc1Cl)=C1C(=O)CC(C)(C)CC1OS(=O)(=O)c1ccccc1. The first-order valence-electron chi connectivity index (χ1n) is 11.8. The van der Waals surface area contributed by atoms with Crippen LogP contribution in [0.15, 0.2) is 70.8 Å². The zero-order valence-electron chi connectivity index (χ0n) is 20.6. The Morgan fingerprint density at radius 3 is 2.56 bits per heavy atom. The van der Waals surface area contributed by atoms with Gasteiger partial charge in [0.1, 0.15) is 6.10 Å². The first-order valence-corrected chi connectivity index (χ1v) is 13.9. The van der Waals surface area contributed by atoms with Gasteiger partial charge in [-0.25, -0.2) is 0 Å². The zero-order chi connectivity index (χ0) is 26.3. The maximum atomic E-state index is 13.2. The van der Waals surface area contributed by atoms with E-state index in [1.807, 2.05) is 20.8 Å². The number of rotatable bonds is 10. The minimum Gasteiger partial charge on any atom is -0.294 e. The quantitative estimate of drug-likeness (QED) is 0.152. The molecule has 0 aliphatic heterocycles. The van der Waals surface area contributed by atoms with E-state index in [4.69, 9.17) is 32.2 Å². The van der Waals surface area contributed by atoms with E-state index in [2.05, 4.69) is 5.48 Å². The van der Waals surface area contributed by atoms with Gasteiger partial charge in [-0.2, -0.15) is 8.42 Å². The topological polar surface area (TPSA) is 81.7 Å². The van der Waals surface area contributed by atoms with Crippen molar-refractivity contribution in [3.05, 3.63) is 81.5 Å². The van der Waals surface area contributed by atoms with E-state index in [1.165, 1.54) is 12.1 Å². The Morgan fingerprint density at radius 1 is 1.17 bits per heavy atom. The van der Waals surface area contributed by atoms with E-state index in [9.17, 15) is 13.2 Å². The molecule has 0 bridgehead atoms. The molecule has 1 fully saturated rings. The molecule has 0 radical (unpaired) electrons. The number of ketones is 1. The van der Waals surface area contributed by atoms with E-state index in [1.54, 1.807) is 48.6 Å². The highest BCUT2D eigenvalue weighted by Gasteiger charge is 2.41. The molecule has 6 nitrogen and oxygen atoms in total. The molecule has 0 heterocycles. The van der Waals surface area contributed by atoms with E-state index in [-0.39, 0.29) is 23.7 Å². The van der Waals surface area contributed by atoms with Crippen molar-refractivity contribution in [3.8, 4) is 0 Å². The van der Waals surface area contributed by atoms with E-state index >= 15 is 0 Å². The molecule has 0 aromatic heterocycles. The molecular formula is C27H31Cl2NO5S. The van der Waals surface area contributed by atoms with Crippen LogP contribution in [0.4, 0.5) is 0 Å². The first-order chi connectivity index (χ1) is 17.0. The summed E-state index contributed by atoms with van der Waals surface area (Å²) in [5.74, 6) is -0.150. The molecule has 1 aliphatic rings. The highest BCUT2D eigenvalue weighted by Crippen LogP contribution is 2.40. The van der Waals surface area contributed by atoms with Gasteiger partial charge in [-0.05, 0) is 48.1 Å². The number of hydroxylamine groups is 1. The molecule has 1 unspecified atom stereocenters. The number of halogens is 2. The van der Waals surface area contributed by atoms with Gasteiger partial charge in [-0.15, -0.1) is 0 Å². The number of carbonyl (C=O) groups is 1. The molecule has 3 rings (SSSR count). The summed E-state index contributed by atoms with van der Waals surface area (Å²) in [4.78, 5) is 18.9. The summed E-state index contributed by atoms with van der Waals surface area (Å²) in [6, 6.07) is 13.1. The van der Waals surface area contributed by atoms with Gasteiger partial charge in [0.15, 0.2) is 5.78 Å². The predicted octanol–water partition coefficient (Wildman–Crippen LogP) is 6.75. The highest BCUT2D eigenvalue weighted by molar-refractivity contribution is 7.86. The fraction of sp³-hybridized carbons (Fsp3) is 0.370. The summed E-state index contributed by atoms with van der Waals surface area (Å²) in [6.07, 6.45) is 4.55. The van der Waals surface area contributed by atoms with Gasteiger partial charge in [-0.1, -0.05) is 86.8 Å². The molecule has 0 saturated heterocycles. The monoisotopic (exact) mass is 551 g/mol. The number of hydrogen-bond donors (Lipinski definition) is 1. The average Bonchev–Trinajstić information content (AvgIpc) is 2.79. The zero-order valence-corrected chi connectivity index (χ0v) is 22.9. The van der Waals surface area contributed by atoms with Gasteiger partial charge in [0.2, 0.25) is 0 Å². The standard InChI is InChI=1S/C27H31Cl2NO5S/c1-4-9-23(30-34-15-8-10-19-13-14-20(28)16-22(19)29)26-24(31)17-27(2,3)18-25(26)35-36(32,33)21-11-6-5-7-12-21/h5-8,10-14,16,25,30H,4,9,15,17-18H2,1-3H3. The molecule has 36 heavy (non-hydrogen) atoms. The summed E-state index contributed by atoms with van der Waals surface area (Å²) in [5.41, 5.74) is 4.13. The van der Waals surface area contributed by atoms with Crippen molar-refractivity contribution in [3.63, 3.8) is 0 Å². The van der Waals surface area contributed by atoms with Crippen LogP contribution in [0, 0.1) is 5.41 Å². The van der Waals surface area contributed by atoms with Gasteiger partial charge in [-0.3, -0.25) is 19.3 Å². The van der Waals surface area contributed by atoms with Crippen molar-refractivity contribution in [1.29, 1.82) is 0 Å². The summed E-state index contributed by atoms with van der Waals surface area (Å²) in [5, 5.41) is 1.08. The lowest BCUT2D eigenvalue weighted by molar-refractivity contribution is -0.120. The van der Waals surface area contributed by atoms with Crippen LogP contribution in [-0.4, -0.2) is 26.9 Å².